The Morgan fingerprint density at radius 1 is 0.544 bits per heavy atom. The number of hydrogen-bond donors (Lipinski definition) is 1. The highest BCUT2D eigenvalue weighted by Crippen LogP contribution is 2.50. The molecule has 1 N–H and O–H groups in total. The molecule has 0 saturated heterocycles. The minimum absolute atomic E-state index is 0.286. The number of thiophene rings is 2. The van der Waals surface area contributed by atoms with Crippen LogP contribution in [0.2, 0.25) is 0 Å². The van der Waals surface area contributed by atoms with E-state index in [4.69, 9.17) is 9.98 Å². The van der Waals surface area contributed by atoms with Crippen LogP contribution in [0, 0.1) is 0 Å². The van der Waals surface area contributed by atoms with Gasteiger partial charge >= 0.3 is 0 Å². The van der Waals surface area contributed by atoms with Crippen molar-refractivity contribution in [1.82, 2.24) is 5.32 Å². The van der Waals surface area contributed by atoms with Crippen LogP contribution in [-0.4, -0.2) is 17.7 Å². The van der Waals surface area contributed by atoms with E-state index < -0.39 is 0 Å². The Morgan fingerprint density at radius 2 is 1.30 bits per heavy atom. The van der Waals surface area contributed by atoms with Gasteiger partial charge in [-0.25, -0.2) is 9.98 Å². The van der Waals surface area contributed by atoms with Gasteiger partial charge in [0.25, 0.3) is 0 Å². The molecule has 4 nitrogen and oxygen atoms in total. The van der Waals surface area contributed by atoms with E-state index in [0.717, 1.165) is 28.4 Å². The Balaban J connectivity index is 0.945. The van der Waals surface area contributed by atoms with E-state index in [1.807, 2.05) is 46.9 Å². The molecule has 6 heteroatoms. The van der Waals surface area contributed by atoms with Gasteiger partial charge in [0.2, 0.25) is 0 Å². The van der Waals surface area contributed by atoms with Crippen molar-refractivity contribution in [3.8, 4) is 11.1 Å². The van der Waals surface area contributed by atoms with Crippen LogP contribution in [0.25, 0.3) is 51.5 Å². The highest BCUT2D eigenvalue weighted by molar-refractivity contribution is 7.26. The quantitative estimate of drug-likeness (QED) is 0.189. The first-order chi connectivity index (χ1) is 28.2. The zero-order valence-electron chi connectivity index (χ0n) is 30.7. The van der Waals surface area contributed by atoms with Crippen LogP contribution in [0.5, 0.6) is 0 Å². The normalized spacial score (nSPS) is 18.5. The molecule has 0 spiro atoms. The summed E-state index contributed by atoms with van der Waals surface area (Å²) >= 11 is 3.74. The van der Waals surface area contributed by atoms with Gasteiger partial charge in [0.05, 0.1) is 6.04 Å². The molecule has 0 bridgehead atoms. The van der Waals surface area contributed by atoms with E-state index in [0.29, 0.717) is 5.92 Å². The molecular formula is C51H34N4S2. The number of hydrogen-bond acceptors (Lipinski definition) is 6. The molecule has 0 saturated carbocycles. The fourth-order valence-electron chi connectivity index (χ4n) is 9.07. The lowest BCUT2D eigenvalue weighted by atomic mass is 9.91. The molecule has 4 heterocycles. The molecule has 270 valence electrons. The monoisotopic (exact) mass is 766 g/mol. The molecule has 0 radical (unpaired) electrons. The second-order valence-corrected chi connectivity index (χ2v) is 17.0. The van der Waals surface area contributed by atoms with E-state index >= 15 is 0 Å². The third-order valence-electron chi connectivity index (χ3n) is 11.7. The predicted octanol–water partition coefficient (Wildman–Crippen LogP) is 13.3. The summed E-state index contributed by atoms with van der Waals surface area (Å²) in [6, 6.07) is 57.3. The zero-order chi connectivity index (χ0) is 37.5. The number of rotatable bonds is 5. The van der Waals surface area contributed by atoms with Gasteiger partial charge in [0, 0.05) is 74.3 Å². The number of nitrogens with zero attached hydrogens (tertiary/aromatic N) is 3. The highest BCUT2D eigenvalue weighted by Gasteiger charge is 2.37. The van der Waals surface area contributed by atoms with E-state index in [1.54, 1.807) is 0 Å². The standard InChI is InChI=1S/C51H34N4S2/c1-3-13-31(14-4-1)49-52-50(32-15-5-2-6-16-32)54-51(53-49)41-21-11-20-39-38-27-25-33(29-45(38)57-48(39)41)35-19-12-24-44-47(35)40-28-26-34(30-46(40)56-44)55-42-22-9-7-17-36(42)37-18-8-10-23-43(37)55/h1-30,36,42,51H,(H,52,53,54). The van der Waals surface area contributed by atoms with E-state index in [1.165, 1.54) is 68.4 Å². The Hall–Kier alpha value is -6.60. The number of para-hydroxylation sites is 1. The first-order valence-corrected chi connectivity index (χ1v) is 21.1. The maximum absolute atomic E-state index is 5.22. The summed E-state index contributed by atoms with van der Waals surface area (Å²) in [4.78, 5) is 12.8. The largest absolute Gasteiger partial charge is 0.344 e. The van der Waals surface area contributed by atoms with Crippen molar-refractivity contribution in [2.24, 2.45) is 9.98 Å². The molecule has 3 atom stereocenters. The molecule has 1 aliphatic carbocycles. The van der Waals surface area contributed by atoms with Crippen LogP contribution in [0.15, 0.2) is 192 Å². The fourth-order valence-corrected chi connectivity index (χ4v) is 11.5. The van der Waals surface area contributed by atoms with Crippen molar-refractivity contribution >= 4 is 86.1 Å². The Bertz CT molecular complexity index is 3190. The fraction of sp³-hybridized carbons (Fsp3) is 0.0588. The predicted molar refractivity (Wildman–Crippen MR) is 243 cm³/mol. The van der Waals surface area contributed by atoms with Crippen molar-refractivity contribution in [3.05, 3.63) is 204 Å². The second kappa shape index (κ2) is 13.0. The van der Waals surface area contributed by atoms with Gasteiger partial charge in [-0.2, -0.15) is 0 Å². The lowest BCUT2D eigenvalue weighted by Gasteiger charge is -2.28. The number of nitrogens with one attached hydrogen (secondary N) is 1. The Morgan fingerprint density at radius 3 is 2.19 bits per heavy atom. The van der Waals surface area contributed by atoms with Crippen LogP contribution < -0.4 is 10.2 Å². The summed E-state index contributed by atoms with van der Waals surface area (Å²) in [5.41, 5.74) is 9.65. The number of allylic oxidation sites excluding steroid dienone is 2. The third-order valence-corrected chi connectivity index (χ3v) is 14.0. The van der Waals surface area contributed by atoms with Crippen molar-refractivity contribution in [3.63, 3.8) is 0 Å². The summed E-state index contributed by atoms with van der Waals surface area (Å²) in [6.45, 7) is 0. The van der Waals surface area contributed by atoms with Gasteiger partial charge in [-0.1, -0.05) is 152 Å². The average Bonchev–Trinajstić information content (AvgIpc) is 3.96. The molecule has 7 aromatic carbocycles. The number of amidine groups is 2. The molecule has 9 aromatic rings. The van der Waals surface area contributed by atoms with Crippen molar-refractivity contribution < 1.29 is 0 Å². The molecule has 57 heavy (non-hydrogen) atoms. The second-order valence-electron chi connectivity index (χ2n) is 14.9. The summed E-state index contributed by atoms with van der Waals surface area (Å²) in [5, 5.41) is 8.85. The van der Waals surface area contributed by atoms with Gasteiger partial charge < -0.3 is 10.2 Å². The number of fused-ring (bicyclic) bond motifs is 9. The summed E-state index contributed by atoms with van der Waals surface area (Å²) in [6.07, 6.45) is 8.79. The van der Waals surface area contributed by atoms with Gasteiger partial charge in [0.15, 0.2) is 5.84 Å². The first-order valence-electron chi connectivity index (χ1n) is 19.4. The topological polar surface area (TPSA) is 40.0 Å². The highest BCUT2D eigenvalue weighted by atomic mass is 32.1. The van der Waals surface area contributed by atoms with Gasteiger partial charge in [-0.05, 0) is 47.0 Å². The van der Waals surface area contributed by atoms with E-state index in [-0.39, 0.29) is 12.2 Å². The van der Waals surface area contributed by atoms with Gasteiger partial charge in [0.1, 0.15) is 12.0 Å². The lowest BCUT2D eigenvalue weighted by Crippen LogP contribution is -2.33. The van der Waals surface area contributed by atoms with Crippen molar-refractivity contribution in [1.29, 1.82) is 0 Å². The van der Waals surface area contributed by atoms with Gasteiger partial charge in [-0.3, -0.25) is 0 Å². The average molecular weight is 767 g/mol. The van der Waals surface area contributed by atoms with Crippen LogP contribution in [0.1, 0.15) is 34.3 Å². The SMILES string of the molecule is C1=CC2c3ccccc3N(c3ccc4c(c3)sc3cccc(-c5ccc6c(c5)sc5c(C7N=C(c8ccccc8)N=C(c8ccccc8)N7)cccc56)c34)C2C=C1. The third kappa shape index (κ3) is 5.25. The Labute approximate surface area is 338 Å². The number of benzene rings is 7. The van der Waals surface area contributed by atoms with E-state index in [9.17, 15) is 0 Å². The molecule has 2 aromatic heterocycles. The van der Waals surface area contributed by atoms with Crippen LogP contribution in [0.3, 0.4) is 0 Å². The van der Waals surface area contributed by atoms with Crippen molar-refractivity contribution in [2.45, 2.75) is 18.1 Å². The molecular weight excluding hydrogens is 733 g/mol. The summed E-state index contributed by atoms with van der Waals surface area (Å²) in [5.74, 6) is 1.93. The van der Waals surface area contributed by atoms with Gasteiger partial charge in [-0.15, -0.1) is 22.7 Å². The van der Waals surface area contributed by atoms with Crippen LogP contribution >= 0.6 is 22.7 Å². The number of anilines is 2. The molecule has 3 aliphatic rings. The van der Waals surface area contributed by atoms with Crippen LogP contribution in [-0.2, 0) is 0 Å². The summed E-state index contributed by atoms with van der Waals surface area (Å²) < 4.78 is 5.14. The molecule has 3 unspecified atom stereocenters. The minimum Gasteiger partial charge on any atom is -0.344 e. The first kappa shape index (κ1) is 32.6. The Kier molecular flexibility index (Phi) is 7.43. The van der Waals surface area contributed by atoms with Crippen LogP contribution in [0.4, 0.5) is 11.4 Å². The smallest absolute Gasteiger partial charge is 0.159 e. The minimum atomic E-state index is -0.287. The zero-order valence-corrected chi connectivity index (χ0v) is 32.3. The molecule has 0 amide bonds. The molecule has 2 aliphatic heterocycles. The maximum atomic E-state index is 5.22. The molecule has 12 rings (SSSR count). The number of aliphatic imine (C=N–C) groups is 2. The summed E-state index contributed by atoms with van der Waals surface area (Å²) in [7, 11) is 0. The maximum Gasteiger partial charge on any atom is 0.159 e. The van der Waals surface area contributed by atoms with E-state index in [2.05, 4.69) is 168 Å². The molecule has 0 fully saturated rings. The lowest BCUT2D eigenvalue weighted by molar-refractivity contribution is 0.680. The van der Waals surface area contributed by atoms with Crippen molar-refractivity contribution in [2.75, 3.05) is 4.90 Å².